The molecule has 1 aliphatic carbocycles. The van der Waals surface area contributed by atoms with Crippen molar-refractivity contribution in [1.29, 1.82) is 0 Å². The Hall–Kier alpha value is -0.610. The van der Waals surface area contributed by atoms with Crippen molar-refractivity contribution in [2.24, 2.45) is 5.73 Å². The first-order chi connectivity index (χ1) is 5.61. The first-order valence-electron chi connectivity index (χ1n) is 4.29. The fourth-order valence-electron chi connectivity index (χ4n) is 1.83. The summed E-state index contributed by atoms with van der Waals surface area (Å²) in [6, 6.07) is 0. The molecule has 0 radical (unpaired) electrons. The Morgan fingerprint density at radius 2 is 2.33 bits per heavy atom. The van der Waals surface area contributed by atoms with Crippen LogP contribution in [0.15, 0.2) is 0 Å². The SMILES string of the molecule is CO[C@@H]1CCCC[C@@]1([NH3+])C(N)=O. The summed E-state index contributed by atoms with van der Waals surface area (Å²) in [4.78, 5) is 11.1. The smallest absolute Gasteiger partial charge is 0.281 e. The van der Waals surface area contributed by atoms with Crippen LogP contribution in [0.3, 0.4) is 0 Å². The predicted molar refractivity (Wildman–Crippen MR) is 44.1 cm³/mol. The van der Waals surface area contributed by atoms with Crippen molar-refractivity contribution in [2.45, 2.75) is 37.3 Å². The van der Waals surface area contributed by atoms with Crippen molar-refractivity contribution in [3.05, 3.63) is 0 Å². The lowest BCUT2D eigenvalue weighted by molar-refractivity contribution is -0.482. The topological polar surface area (TPSA) is 80.0 Å². The van der Waals surface area contributed by atoms with Crippen LogP contribution in [0.2, 0.25) is 0 Å². The van der Waals surface area contributed by atoms with Crippen molar-refractivity contribution < 1.29 is 15.3 Å². The monoisotopic (exact) mass is 173 g/mol. The molecule has 0 bridgehead atoms. The van der Waals surface area contributed by atoms with Gasteiger partial charge in [-0.25, -0.2) is 0 Å². The van der Waals surface area contributed by atoms with Gasteiger partial charge in [0.05, 0.1) is 0 Å². The van der Waals surface area contributed by atoms with Gasteiger partial charge in [0.2, 0.25) is 0 Å². The number of hydrogen-bond donors (Lipinski definition) is 2. The van der Waals surface area contributed by atoms with E-state index < -0.39 is 5.54 Å². The van der Waals surface area contributed by atoms with Crippen LogP contribution >= 0.6 is 0 Å². The molecule has 5 N–H and O–H groups in total. The Morgan fingerprint density at radius 3 is 2.75 bits per heavy atom. The highest BCUT2D eigenvalue weighted by atomic mass is 16.5. The third kappa shape index (κ3) is 1.44. The number of ether oxygens (including phenoxy) is 1. The molecule has 1 rings (SSSR count). The summed E-state index contributed by atoms with van der Waals surface area (Å²) in [5.74, 6) is -0.339. The van der Waals surface area contributed by atoms with Gasteiger partial charge in [-0.1, -0.05) is 6.42 Å². The minimum absolute atomic E-state index is 0.0938. The number of carbonyl (C=O) groups excluding carboxylic acids is 1. The first-order valence-corrected chi connectivity index (χ1v) is 4.29. The van der Waals surface area contributed by atoms with Crippen molar-refractivity contribution in [3.63, 3.8) is 0 Å². The van der Waals surface area contributed by atoms with Gasteiger partial charge in [0.15, 0.2) is 5.54 Å². The highest BCUT2D eigenvalue weighted by Crippen LogP contribution is 2.26. The Labute approximate surface area is 72.2 Å². The standard InChI is InChI=1S/C8H16N2O2/c1-12-6-4-2-3-5-8(6,10)7(9)11/h6H,2-5,10H2,1H3,(H2,9,11)/p+1/t6-,8+/m1/s1. The summed E-state index contributed by atoms with van der Waals surface area (Å²) >= 11 is 0. The molecule has 0 aromatic carbocycles. The largest absolute Gasteiger partial charge is 0.374 e. The molecule has 0 aliphatic heterocycles. The summed E-state index contributed by atoms with van der Waals surface area (Å²) in [5.41, 5.74) is 8.48. The molecule has 0 spiro atoms. The first kappa shape index (κ1) is 9.48. The van der Waals surface area contributed by atoms with Crippen LogP contribution in [0, 0.1) is 0 Å². The molecule has 4 heteroatoms. The van der Waals surface area contributed by atoms with Crippen LogP contribution in [-0.2, 0) is 9.53 Å². The number of quaternary nitrogens is 1. The third-order valence-corrected chi connectivity index (χ3v) is 2.73. The lowest BCUT2D eigenvalue weighted by atomic mass is 9.79. The van der Waals surface area contributed by atoms with Crippen LogP contribution in [0.5, 0.6) is 0 Å². The van der Waals surface area contributed by atoms with E-state index in [0.717, 1.165) is 25.7 Å². The number of methoxy groups -OCH3 is 1. The van der Waals surface area contributed by atoms with Crippen LogP contribution < -0.4 is 11.5 Å². The van der Waals surface area contributed by atoms with Gasteiger partial charge in [0, 0.05) is 13.5 Å². The average Bonchev–Trinajstić information content (AvgIpc) is 2.05. The zero-order chi connectivity index (χ0) is 9.19. The molecule has 1 fully saturated rings. The zero-order valence-corrected chi connectivity index (χ0v) is 7.51. The summed E-state index contributed by atoms with van der Waals surface area (Å²) in [5, 5.41) is 0. The van der Waals surface area contributed by atoms with E-state index in [0.29, 0.717) is 0 Å². The van der Waals surface area contributed by atoms with E-state index in [9.17, 15) is 4.79 Å². The molecule has 70 valence electrons. The number of nitrogens with two attached hydrogens (primary N) is 1. The van der Waals surface area contributed by atoms with Crippen LogP contribution in [0.4, 0.5) is 0 Å². The molecule has 2 atom stereocenters. The third-order valence-electron chi connectivity index (χ3n) is 2.73. The average molecular weight is 173 g/mol. The quantitative estimate of drug-likeness (QED) is 0.564. The van der Waals surface area contributed by atoms with Crippen molar-refractivity contribution in [3.8, 4) is 0 Å². The number of carbonyl (C=O) groups is 1. The second-order valence-corrected chi connectivity index (χ2v) is 3.49. The maximum atomic E-state index is 11.1. The lowest BCUT2D eigenvalue weighted by Gasteiger charge is -2.33. The molecule has 4 nitrogen and oxygen atoms in total. The molecule has 1 amide bonds. The fourth-order valence-corrected chi connectivity index (χ4v) is 1.83. The lowest BCUT2D eigenvalue weighted by Crippen LogP contribution is -2.83. The number of primary amides is 1. The van der Waals surface area contributed by atoms with Gasteiger partial charge in [0.25, 0.3) is 5.91 Å². The number of hydrogen-bond acceptors (Lipinski definition) is 2. The van der Waals surface area contributed by atoms with E-state index in [1.165, 1.54) is 0 Å². The van der Waals surface area contributed by atoms with Gasteiger partial charge in [-0.3, -0.25) is 4.79 Å². The van der Waals surface area contributed by atoms with Gasteiger partial charge in [-0.2, -0.15) is 0 Å². The van der Waals surface area contributed by atoms with Crippen molar-refractivity contribution >= 4 is 5.91 Å². The van der Waals surface area contributed by atoms with Gasteiger partial charge >= 0.3 is 0 Å². The predicted octanol–water partition coefficient (Wildman–Crippen LogP) is -0.959. The van der Waals surface area contributed by atoms with Crippen molar-refractivity contribution in [1.82, 2.24) is 0 Å². The molecular weight excluding hydrogens is 156 g/mol. The molecule has 0 aromatic rings. The highest BCUT2D eigenvalue weighted by Gasteiger charge is 2.46. The van der Waals surface area contributed by atoms with Gasteiger partial charge in [-0.15, -0.1) is 0 Å². The van der Waals surface area contributed by atoms with Crippen LogP contribution in [-0.4, -0.2) is 24.7 Å². The Morgan fingerprint density at radius 1 is 1.67 bits per heavy atom. The molecule has 0 aromatic heterocycles. The van der Waals surface area contributed by atoms with E-state index in [2.05, 4.69) is 5.73 Å². The highest BCUT2D eigenvalue weighted by molar-refractivity contribution is 5.83. The van der Waals surface area contributed by atoms with Crippen molar-refractivity contribution in [2.75, 3.05) is 7.11 Å². The molecule has 12 heavy (non-hydrogen) atoms. The second kappa shape index (κ2) is 3.41. The minimum Gasteiger partial charge on any atom is -0.374 e. The van der Waals surface area contributed by atoms with Gasteiger partial charge < -0.3 is 16.2 Å². The van der Waals surface area contributed by atoms with Gasteiger partial charge in [-0.05, 0) is 12.8 Å². The van der Waals surface area contributed by atoms with Gasteiger partial charge in [0.1, 0.15) is 6.10 Å². The molecule has 0 heterocycles. The molecular formula is C8H17N2O2+. The molecule has 0 saturated heterocycles. The zero-order valence-electron chi connectivity index (χ0n) is 7.51. The molecule has 1 aliphatic rings. The van der Waals surface area contributed by atoms with E-state index >= 15 is 0 Å². The van der Waals surface area contributed by atoms with E-state index in [4.69, 9.17) is 10.5 Å². The summed E-state index contributed by atoms with van der Waals surface area (Å²) in [6.45, 7) is 0. The summed E-state index contributed by atoms with van der Waals surface area (Å²) in [6.07, 6.45) is 3.67. The van der Waals surface area contributed by atoms with E-state index in [1.54, 1.807) is 7.11 Å². The maximum absolute atomic E-state index is 11.1. The second-order valence-electron chi connectivity index (χ2n) is 3.49. The van der Waals surface area contributed by atoms with Crippen LogP contribution in [0.25, 0.3) is 0 Å². The van der Waals surface area contributed by atoms with Crippen LogP contribution in [0.1, 0.15) is 25.7 Å². The Kier molecular flexibility index (Phi) is 2.69. The molecule has 0 unspecified atom stereocenters. The fraction of sp³-hybridized carbons (Fsp3) is 0.875. The number of amides is 1. The Balaban J connectivity index is 2.75. The number of rotatable bonds is 2. The molecule has 1 saturated carbocycles. The maximum Gasteiger partial charge on any atom is 0.281 e. The van der Waals surface area contributed by atoms with E-state index in [1.807, 2.05) is 0 Å². The minimum atomic E-state index is -0.688. The normalized spacial score (nSPS) is 36.3. The van der Waals surface area contributed by atoms with E-state index in [-0.39, 0.29) is 12.0 Å². The summed E-state index contributed by atoms with van der Waals surface area (Å²) < 4.78 is 5.20. The Bertz CT molecular complexity index is 184. The summed E-state index contributed by atoms with van der Waals surface area (Å²) in [7, 11) is 1.61.